The number of pyridine rings is 1. The molecule has 2 aromatic rings. The number of aromatic nitrogens is 1. The molecule has 6 nitrogen and oxygen atoms in total. The Morgan fingerprint density at radius 3 is 2.27 bits per heavy atom. The summed E-state index contributed by atoms with van der Waals surface area (Å²) in [4.78, 5) is 25.8. The largest absolute Gasteiger partial charge is 0.506 e. The van der Waals surface area contributed by atoms with Crippen molar-refractivity contribution in [2.45, 2.75) is 12.8 Å². The molecule has 0 amide bonds. The number of hydrogen-bond donors (Lipinski definition) is 3. The molecule has 116 valence electrons. The van der Waals surface area contributed by atoms with Crippen molar-refractivity contribution in [1.82, 2.24) is 4.98 Å². The third-order valence-corrected chi connectivity index (χ3v) is 5.86. The van der Waals surface area contributed by atoms with Gasteiger partial charge in [-0.25, -0.2) is 0 Å². The molecular weight excluding hydrogens is 305 g/mol. The van der Waals surface area contributed by atoms with Crippen molar-refractivity contribution in [1.29, 1.82) is 0 Å². The molecule has 0 aliphatic heterocycles. The number of fused-ring (bicyclic) bond motifs is 1. The van der Waals surface area contributed by atoms with Crippen LogP contribution in [0.2, 0.25) is 0 Å². The van der Waals surface area contributed by atoms with Gasteiger partial charge in [-0.15, -0.1) is 0 Å². The smallest absolute Gasteiger partial charge is 0.303 e. The van der Waals surface area contributed by atoms with Gasteiger partial charge in [0.1, 0.15) is 11.3 Å². The Bertz CT molecular complexity index is 685. The highest BCUT2D eigenvalue weighted by Gasteiger charge is 2.18. The molecule has 0 aliphatic carbocycles. The van der Waals surface area contributed by atoms with Crippen molar-refractivity contribution in [3.05, 3.63) is 30.5 Å². The van der Waals surface area contributed by atoms with Gasteiger partial charge in [-0.2, -0.15) is 0 Å². The molecule has 2 rings (SSSR count). The maximum Gasteiger partial charge on any atom is 0.303 e. The lowest BCUT2D eigenvalue weighted by atomic mass is 10.2. The Hall–Kier alpha value is -2.20. The Balaban J connectivity index is 2.39. The Morgan fingerprint density at radius 1 is 1.05 bits per heavy atom. The second-order valence-corrected chi connectivity index (χ2v) is 7.23. The number of phenolic OH excluding ortho intramolecular Hbond substituents is 1. The first-order chi connectivity index (χ1) is 10.5. The highest BCUT2D eigenvalue weighted by molar-refractivity contribution is 7.66. The van der Waals surface area contributed by atoms with Crippen molar-refractivity contribution >= 4 is 36.1 Å². The molecule has 1 heterocycles. The van der Waals surface area contributed by atoms with Crippen LogP contribution in [0.15, 0.2) is 30.5 Å². The van der Waals surface area contributed by atoms with Crippen molar-refractivity contribution in [3.63, 3.8) is 0 Å². The number of aliphatic carboxylic acids is 2. The summed E-state index contributed by atoms with van der Waals surface area (Å²) >= 11 is 0. The van der Waals surface area contributed by atoms with Crippen LogP contribution in [0.4, 0.5) is 0 Å². The highest BCUT2D eigenvalue weighted by atomic mass is 31.1. The van der Waals surface area contributed by atoms with Gasteiger partial charge in [0.05, 0.1) is 0 Å². The van der Waals surface area contributed by atoms with Gasteiger partial charge in [0.15, 0.2) is 0 Å². The molecule has 22 heavy (non-hydrogen) atoms. The monoisotopic (exact) mass is 321 g/mol. The normalized spacial score (nSPS) is 11.0. The second kappa shape index (κ2) is 7.18. The first-order valence-corrected chi connectivity index (χ1v) is 8.45. The average Bonchev–Trinajstić information content (AvgIpc) is 2.47. The van der Waals surface area contributed by atoms with Crippen molar-refractivity contribution in [3.8, 4) is 5.75 Å². The van der Waals surface area contributed by atoms with E-state index < -0.39 is 19.9 Å². The predicted molar refractivity (Wildman–Crippen MR) is 84.2 cm³/mol. The lowest BCUT2D eigenvalue weighted by molar-refractivity contribution is -0.137. The Labute approximate surface area is 128 Å². The van der Waals surface area contributed by atoms with Crippen molar-refractivity contribution in [2.24, 2.45) is 0 Å². The number of nitrogens with zero attached hydrogens (tertiary/aromatic N) is 1. The Kier molecular flexibility index (Phi) is 5.28. The van der Waals surface area contributed by atoms with Crippen LogP contribution in [-0.4, -0.2) is 44.6 Å². The molecule has 0 spiro atoms. The summed E-state index contributed by atoms with van der Waals surface area (Å²) in [5.41, 5.74) is 0.457. The summed E-state index contributed by atoms with van der Waals surface area (Å²) in [6.07, 6.45) is 2.37. The topological polar surface area (TPSA) is 108 Å². The van der Waals surface area contributed by atoms with E-state index in [2.05, 4.69) is 4.98 Å². The van der Waals surface area contributed by atoms with Crippen LogP contribution < -0.4 is 5.30 Å². The molecule has 0 radical (unpaired) electrons. The number of aromatic hydroxyl groups is 1. The fourth-order valence-corrected chi connectivity index (χ4v) is 4.66. The van der Waals surface area contributed by atoms with E-state index in [0.717, 1.165) is 10.7 Å². The summed E-state index contributed by atoms with van der Waals surface area (Å²) in [5.74, 6) is -1.74. The minimum absolute atomic E-state index is 0.00600. The zero-order valence-corrected chi connectivity index (χ0v) is 12.7. The fourth-order valence-electron chi connectivity index (χ4n) is 2.24. The van der Waals surface area contributed by atoms with Crippen LogP contribution in [-0.2, 0) is 9.59 Å². The lowest BCUT2D eigenvalue weighted by Crippen LogP contribution is -2.12. The van der Waals surface area contributed by atoms with Gasteiger partial charge in [-0.05, 0) is 29.8 Å². The zero-order valence-electron chi connectivity index (χ0n) is 11.8. The number of carboxylic acids is 2. The first-order valence-electron chi connectivity index (χ1n) is 6.74. The van der Waals surface area contributed by atoms with Crippen molar-refractivity contribution in [2.75, 3.05) is 12.3 Å². The van der Waals surface area contributed by atoms with Crippen LogP contribution >= 0.6 is 7.92 Å². The summed E-state index contributed by atoms with van der Waals surface area (Å²) in [6.45, 7) is 0. The Morgan fingerprint density at radius 2 is 1.68 bits per heavy atom. The minimum Gasteiger partial charge on any atom is -0.506 e. The zero-order chi connectivity index (χ0) is 16.1. The quantitative estimate of drug-likeness (QED) is 0.673. The summed E-state index contributed by atoms with van der Waals surface area (Å²) in [6, 6.07) is 6.84. The van der Waals surface area contributed by atoms with Crippen LogP contribution in [0.3, 0.4) is 0 Å². The molecule has 0 saturated heterocycles. The van der Waals surface area contributed by atoms with Crippen LogP contribution in [0.1, 0.15) is 12.8 Å². The maximum atomic E-state index is 10.8. The molecular formula is C15H16NO5P. The summed E-state index contributed by atoms with van der Waals surface area (Å²) < 4.78 is 0. The minimum atomic E-state index is -0.946. The number of phenols is 1. The molecule has 0 atom stereocenters. The van der Waals surface area contributed by atoms with E-state index in [-0.39, 0.29) is 18.6 Å². The average molecular weight is 321 g/mol. The van der Waals surface area contributed by atoms with Gasteiger partial charge in [0.2, 0.25) is 0 Å². The van der Waals surface area contributed by atoms with Crippen molar-refractivity contribution < 1.29 is 24.9 Å². The van der Waals surface area contributed by atoms with E-state index in [1.165, 1.54) is 6.07 Å². The standard InChI is InChI=1S/C15H16NO5P/c17-11-3-1-2-10-12(4-7-16-15(10)11)22(8-5-13(18)19)9-6-14(20)21/h1-4,7,17H,5-6,8-9H2,(H,18,19)(H,20,21). The number of carbonyl (C=O) groups is 2. The summed E-state index contributed by atoms with van der Waals surface area (Å²) in [7, 11) is -0.946. The third kappa shape index (κ3) is 3.92. The lowest BCUT2D eigenvalue weighted by Gasteiger charge is -2.18. The molecule has 3 N–H and O–H groups in total. The van der Waals surface area contributed by atoms with Crippen LogP contribution in [0, 0.1) is 0 Å². The number of benzene rings is 1. The number of para-hydroxylation sites is 1. The molecule has 0 unspecified atom stereocenters. The van der Waals surface area contributed by atoms with E-state index in [0.29, 0.717) is 17.8 Å². The summed E-state index contributed by atoms with van der Waals surface area (Å²) in [5, 5.41) is 29.3. The molecule has 0 aliphatic rings. The maximum absolute atomic E-state index is 10.8. The van der Waals surface area contributed by atoms with Gasteiger partial charge in [0, 0.05) is 24.4 Å². The molecule has 7 heteroatoms. The second-order valence-electron chi connectivity index (χ2n) is 4.78. The fraction of sp³-hybridized carbons (Fsp3) is 0.267. The van der Waals surface area contributed by atoms with Gasteiger partial charge in [0.25, 0.3) is 0 Å². The third-order valence-electron chi connectivity index (χ3n) is 3.26. The van der Waals surface area contributed by atoms with Gasteiger partial charge in [-0.3, -0.25) is 14.6 Å². The molecule has 1 aromatic heterocycles. The van der Waals surface area contributed by atoms with E-state index in [1.54, 1.807) is 18.3 Å². The van der Waals surface area contributed by atoms with E-state index in [9.17, 15) is 14.7 Å². The molecule has 1 aromatic carbocycles. The predicted octanol–water partition coefficient (Wildman–Crippen LogP) is 2.00. The first kappa shape index (κ1) is 16.2. The molecule has 0 bridgehead atoms. The number of carboxylic acid groups (broad SMARTS) is 2. The van der Waals surface area contributed by atoms with Gasteiger partial charge >= 0.3 is 11.9 Å². The number of rotatable bonds is 7. The highest BCUT2D eigenvalue weighted by Crippen LogP contribution is 2.39. The van der Waals surface area contributed by atoms with E-state index in [4.69, 9.17) is 10.2 Å². The molecule has 0 fully saturated rings. The SMILES string of the molecule is O=C(O)CCP(CCC(=O)O)c1ccnc2c(O)cccc12. The van der Waals surface area contributed by atoms with Crippen LogP contribution in [0.5, 0.6) is 5.75 Å². The number of hydrogen-bond acceptors (Lipinski definition) is 4. The van der Waals surface area contributed by atoms with Gasteiger partial charge in [-0.1, -0.05) is 20.1 Å². The van der Waals surface area contributed by atoms with Gasteiger partial charge < -0.3 is 15.3 Å². The van der Waals surface area contributed by atoms with E-state index >= 15 is 0 Å². The van der Waals surface area contributed by atoms with E-state index in [1.807, 2.05) is 6.07 Å². The molecule has 0 saturated carbocycles. The van der Waals surface area contributed by atoms with Crippen LogP contribution in [0.25, 0.3) is 10.9 Å².